The molecule has 0 aliphatic carbocycles. The standard InChI is InChI=1S/C51H48F3O9S/c1-49(2,34-7-13-37(52)14-8-34)61-46(55)31-58-40-19-25-43(26-20-40)64(44-27-21-41(22-28-44)59-32-47(56)62-50(3,4)35-9-15-38(53)16-10-35)45-29-23-42(24-30-45)60-33-48(57)63-51(5,6)36-11-17-39(54)18-12-36/h7-30H,31-33H2,1-6H3/q+1. The van der Waals surface area contributed by atoms with Gasteiger partial charge in [-0.3, -0.25) is 0 Å². The Hall–Kier alpha value is -6.73. The molecule has 0 atom stereocenters. The van der Waals surface area contributed by atoms with Crippen LogP contribution in [0.4, 0.5) is 13.2 Å². The quantitative estimate of drug-likeness (QED) is 0.0474. The van der Waals surface area contributed by atoms with Gasteiger partial charge in [0.1, 0.15) is 51.5 Å². The van der Waals surface area contributed by atoms with Gasteiger partial charge in [0.15, 0.2) is 34.5 Å². The SMILES string of the molecule is CC(C)(OC(=O)COc1ccc([S+](c2ccc(OCC(=O)OC(C)(C)c3ccc(F)cc3)cc2)c2ccc(OCC(=O)OC(C)(C)c3ccc(F)cc3)cc2)cc1)c1ccc(F)cc1. The fourth-order valence-corrected chi connectivity index (χ4v) is 8.56. The van der Waals surface area contributed by atoms with Crippen molar-refractivity contribution in [1.82, 2.24) is 0 Å². The van der Waals surface area contributed by atoms with Crippen LogP contribution in [0.25, 0.3) is 0 Å². The van der Waals surface area contributed by atoms with E-state index in [1.807, 2.05) is 36.4 Å². The molecule has 0 saturated heterocycles. The maximum Gasteiger partial charge on any atom is 0.345 e. The van der Waals surface area contributed by atoms with E-state index >= 15 is 0 Å². The predicted molar refractivity (Wildman–Crippen MR) is 235 cm³/mol. The smallest absolute Gasteiger partial charge is 0.345 e. The summed E-state index contributed by atoms with van der Waals surface area (Å²) in [6.07, 6.45) is 0. The number of hydrogen-bond donors (Lipinski definition) is 0. The molecule has 6 rings (SSSR count). The maximum absolute atomic E-state index is 13.5. The third-order valence-electron chi connectivity index (χ3n) is 9.97. The molecule has 332 valence electrons. The minimum atomic E-state index is -1.01. The van der Waals surface area contributed by atoms with Crippen LogP contribution in [0, 0.1) is 17.5 Å². The third-order valence-corrected chi connectivity index (χ3v) is 12.2. The number of halogens is 3. The molecule has 0 unspecified atom stereocenters. The average Bonchev–Trinajstić information content (AvgIpc) is 3.25. The first-order chi connectivity index (χ1) is 30.4. The first kappa shape index (κ1) is 46.8. The summed E-state index contributed by atoms with van der Waals surface area (Å²) in [5.74, 6) is -1.68. The van der Waals surface area contributed by atoms with Crippen molar-refractivity contribution in [2.75, 3.05) is 19.8 Å². The van der Waals surface area contributed by atoms with Gasteiger partial charge >= 0.3 is 17.9 Å². The molecule has 0 aliphatic heterocycles. The van der Waals surface area contributed by atoms with Gasteiger partial charge in [0.05, 0.1) is 10.9 Å². The molecule has 6 aromatic rings. The lowest BCUT2D eigenvalue weighted by Gasteiger charge is -2.25. The van der Waals surface area contributed by atoms with Crippen molar-refractivity contribution in [2.45, 2.75) is 73.0 Å². The Morgan fingerprint density at radius 3 is 0.812 bits per heavy atom. The lowest BCUT2D eigenvalue weighted by Crippen LogP contribution is -2.28. The van der Waals surface area contributed by atoms with E-state index in [2.05, 4.69) is 0 Å². The number of rotatable bonds is 18. The summed E-state index contributed by atoms with van der Waals surface area (Å²) < 4.78 is 74.7. The molecule has 0 fully saturated rings. The molecule has 0 aliphatic rings. The Labute approximate surface area is 373 Å². The van der Waals surface area contributed by atoms with Crippen molar-refractivity contribution >= 4 is 28.8 Å². The zero-order valence-corrected chi connectivity index (χ0v) is 37.0. The highest BCUT2D eigenvalue weighted by molar-refractivity contribution is 7.97. The van der Waals surface area contributed by atoms with Crippen LogP contribution in [0.2, 0.25) is 0 Å². The summed E-state index contributed by atoms with van der Waals surface area (Å²) in [6.45, 7) is 9.22. The molecule has 6 aromatic carbocycles. The van der Waals surface area contributed by atoms with Gasteiger partial charge in [-0.05, 0) is 167 Å². The van der Waals surface area contributed by atoms with E-state index in [-0.39, 0.29) is 19.8 Å². The van der Waals surface area contributed by atoms with Crippen molar-refractivity contribution in [3.05, 3.63) is 180 Å². The van der Waals surface area contributed by atoms with E-state index in [0.717, 1.165) is 14.7 Å². The highest BCUT2D eigenvalue weighted by atomic mass is 32.2. The van der Waals surface area contributed by atoms with E-state index < -0.39 is 63.1 Å². The number of hydrogen-bond acceptors (Lipinski definition) is 9. The van der Waals surface area contributed by atoms with Crippen LogP contribution < -0.4 is 14.2 Å². The van der Waals surface area contributed by atoms with Gasteiger partial charge in [-0.25, -0.2) is 27.6 Å². The fourth-order valence-electron chi connectivity index (χ4n) is 6.52. The number of carbonyl (C=O) groups excluding carboxylic acids is 3. The number of esters is 3. The second kappa shape index (κ2) is 20.2. The number of carbonyl (C=O) groups is 3. The van der Waals surface area contributed by atoms with E-state index in [1.165, 1.54) is 36.4 Å². The van der Waals surface area contributed by atoms with Crippen LogP contribution in [0.3, 0.4) is 0 Å². The lowest BCUT2D eigenvalue weighted by molar-refractivity contribution is -0.160. The topological polar surface area (TPSA) is 107 Å². The van der Waals surface area contributed by atoms with E-state index in [1.54, 1.807) is 114 Å². The van der Waals surface area contributed by atoms with E-state index in [0.29, 0.717) is 33.9 Å². The summed E-state index contributed by atoms with van der Waals surface area (Å²) in [5, 5.41) is 0. The van der Waals surface area contributed by atoms with Gasteiger partial charge in [-0.2, -0.15) is 0 Å². The van der Waals surface area contributed by atoms with E-state index in [9.17, 15) is 27.6 Å². The van der Waals surface area contributed by atoms with Crippen molar-refractivity contribution in [1.29, 1.82) is 0 Å². The van der Waals surface area contributed by atoms with Crippen LogP contribution in [0.15, 0.2) is 160 Å². The summed E-state index contributed by atoms with van der Waals surface area (Å²) in [4.78, 5) is 41.0. The number of ether oxygens (including phenoxy) is 6. The van der Waals surface area contributed by atoms with Gasteiger partial charge < -0.3 is 28.4 Å². The molecule has 0 saturated carbocycles. The molecule has 0 N–H and O–H groups in total. The summed E-state index contributed by atoms with van der Waals surface area (Å²) in [5.41, 5.74) is -1.13. The van der Waals surface area contributed by atoms with Crippen LogP contribution in [0.1, 0.15) is 58.2 Å². The monoisotopic (exact) mass is 893 g/mol. The highest BCUT2D eigenvalue weighted by Crippen LogP contribution is 2.35. The van der Waals surface area contributed by atoms with Gasteiger partial charge in [0.2, 0.25) is 0 Å². The Morgan fingerprint density at radius 1 is 0.375 bits per heavy atom. The molecule has 0 amide bonds. The zero-order chi connectivity index (χ0) is 46.1. The van der Waals surface area contributed by atoms with Crippen LogP contribution in [0.5, 0.6) is 17.2 Å². The Morgan fingerprint density at radius 2 is 0.594 bits per heavy atom. The lowest BCUT2D eigenvalue weighted by atomic mass is 9.98. The molecule has 9 nitrogen and oxygen atoms in total. The molecular weight excluding hydrogens is 846 g/mol. The first-order valence-electron chi connectivity index (χ1n) is 20.2. The molecule has 0 spiro atoms. The highest BCUT2D eigenvalue weighted by Gasteiger charge is 2.31. The van der Waals surface area contributed by atoms with Crippen molar-refractivity contribution in [3.63, 3.8) is 0 Å². The average molecular weight is 894 g/mol. The first-order valence-corrected chi connectivity index (χ1v) is 21.5. The second-order valence-corrected chi connectivity index (χ2v) is 18.1. The molecular formula is C51H48F3O9S+. The Balaban J connectivity index is 1.14. The van der Waals surface area contributed by atoms with Gasteiger partial charge in [0.25, 0.3) is 0 Å². The summed E-state index contributed by atoms with van der Waals surface area (Å²) in [7, 11) is -0.708. The third kappa shape index (κ3) is 12.7. The van der Waals surface area contributed by atoms with Gasteiger partial charge in [-0.15, -0.1) is 0 Å². The van der Waals surface area contributed by atoms with Crippen LogP contribution in [-0.4, -0.2) is 37.7 Å². The van der Waals surface area contributed by atoms with E-state index in [4.69, 9.17) is 28.4 Å². The largest absolute Gasteiger partial charge is 0.482 e. The van der Waals surface area contributed by atoms with Crippen molar-refractivity contribution in [2.24, 2.45) is 0 Å². The molecule has 0 radical (unpaired) electrons. The Bertz CT molecular complexity index is 2220. The maximum atomic E-state index is 13.5. The van der Waals surface area contributed by atoms with Crippen LogP contribution in [-0.2, 0) is 56.3 Å². The summed E-state index contributed by atoms with van der Waals surface area (Å²) in [6, 6.07) is 39.0. The van der Waals surface area contributed by atoms with Crippen LogP contribution >= 0.6 is 0 Å². The zero-order valence-electron chi connectivity index (χ0n) is 36.2. The second-order valence-electron chi connectivity index (χ2n) is 16.1. The molecule has 64 heavy (non-hydrogen) atoms. The molecule has 0 heterocycles. The van der Waals surface area contributed by atoms with Gasteiger partial charge in [-0.1, -0.05) is 36.4 Å². The predicted octanol–water partition coefficient (Wildman–Crippen LogP) is 10.8. The minimum absolute atomic E-state index is 0.354. The fraction of sp³-hybridized carbons (Fsp3) is 0.235. The van der Waals surface area contributed by atoms with Crippen molar-refractivity contribution in [3.8, 4) is 17.2 Å². The molecule has 13 heteroatoms. The van der Waals surface area contributed by atoms with Gasteiger partial charge in [0, 0.05) is 0 Å². The minimum Gasteiger partial charge on any atom is -0.482 e. The molecule has 0 aromatic heterocycles. The molecule has 0 bridgehead atoms. The van der Waals surface area contributed by atoms with Crippen molar-refractivity contribution < 1.29 is 56.0 Å². The normalized spacial score (nSPS) is 11.7. The Kier molecular flexibility index (Phi) is 14.8. The number of benzene rings is 6. The summed E-state index contributed by atoms with van der Waals surface area (Å²) >= 11 is 0.